The third-order valence-corrected chi connectivity index (χ3v) is 1.55. The molecule has 0 bridgehead atoms. The van der Waals surface area contributed by atoms with Gasteiger partial charge in [-0.3, -0.25) is 10.2 Å². The van der Waals surface area contributed by atoms with Gasteiger partial charge in [-0.2, -0.15) is 0 Å². The third kappa shape index (κ3) is 2.50. The van der Waals surface area contributed by atoms with Crippen molar-refractivity contribution in [1.82, 2.24) is 10.9 Å². The number of rotatable bonds is 1. The lowest BCUT2D eigenvalue weighted by Gasteiger charge is -2.07. The molecule has 1 rings (SSSR count). The Labute approximate surface area is 84.5 Å². The van der Waals surface area contributed by atoms with Crippen LogP contribution in [0.5, 0.6) is 11.5 Å². The lowest BCUT2D eigenvalue weighted by molar-refractivity contribution is 0.0932. The molecule has 0 spiro atoms. The van der Waals surface area contributed by atoms with E-state index in [1.54, 1.807) is 0 Å². The number of nitrogens with one attached hydrogen (secondary N) is 2. The van der Waals surface area contributed by atoms with E-state index in [-0.39, 0.29) is 5.56 Å². The van der Waals surface area contributed by atoms with Crippen LogP contribution >= 0.6 is 0 Å². The monoisotopic (exact) mass is 211 g/mol. The summed E-state index contributed by atoms with van der Waals surface area (Å²) >= 11 is 0. The van der Waals surface area contributed by atoms with E-state index in [9.17, 15) is 19.8 Å². The quantitative estimate of drug-likeness (QED) is 0.398. The number of urea groups is 1. The van der Waals surface area contributed by atoms with Gasteiger partial charge in [-0.05, 0) is 12.1 Å². The first-order valence-corrected chi connectivity index (χ1v) is 3.89. The van der Waals surface area contributed by atoms with Crippen LogP contribution < -0.4 is 16.6 Å². The summed E-state index contributed by atoms with van der Waals surface area (Å²) in [7, 11) is 0. The molecule has 7 nitrogen and oxygen atoms in total. The van der Waals surface area contributed by atoms with Crippen molar-refractivity contribution in [2.45, 2.75) is 0 Å². The topological polar surface area (TPSA) is 125 Å². The van der Waals surface area contributed by atoms with Gasteiger partial charge >= 0.3 is 6.03 Å². The number of phenolic OH excluding ortho intramolecular Hbond substituents is 2. The Morgan fingerprint density at radius 1 is 1.13 bits per heavy atom. The summed E-state index contributed by atoms with van der Waals surface area (Å²) < 4.78 is 0. The molecule has 0 aliphatic heterocycles. The lowest BCUT2D eigenvalue weighted by atomic mass is 10.1. The SMILES string of the molecule is NC(=O)NNC(=O)c1c(O)cccc1O. The molecular formula is C8H9N3O4. The Balaban J connectivity index is 2.86. The fourth-order valence-corrected chi connectivity index (χ4v) is 0.942. The minimum Gasteiger partial charge on any atom is -0.507 e. The van der Waals surface area contributed by atoms with E-state index in [1.165, 1.54) is 18.2 Å². The number of hydrogen-bond acceptors (Lipinski definition) is 4. The van der Waals surface area contributed by atoms with Crippen LogP contribution in [0.15, 0.2) is 18.2 Å². The van der Waals surface area contributed by atoms with Gasteiger partial charge in [0.05, 0.1) is 0 Å². The van der Waals surface area contributed by atoms with Crippen LogP contribution in [0.4, 0.5) is 4.79 Å². The molecule has 7 heteroatoms. The summed E-state index contributed by atoms with van der Waals surface area (Å²) in [5, 5.41) is 18.5. The van der Waals surface area contributed by atoms with Crippen LogP contribution in [0.3, 0.4) is 0 Å². The first kappa shape index (κ1) is 10.6. The van der Waals surface area contributed by atoms with Crippen LogP contribution in [0.25, 0.3) is 0 Å². The number of benzene rings is 1. The standard InChI is InChI=1S/C8H9N3O4/c9-8(15)11-10-7(14)6-4(12)2-1-3-5(6)13/h1-3,12-13H,(H,10,14)(H3,9,11,15). The molecule has 0 atom stereocenters. The molecule has 0 radical (unpaired) electrons. The van der Waals surface area contributed by atoms with E-state index in [0.717, 1.165) is 0 Å². The number of aromatic hydroxyl groups is 2. The summed E-state index contributed by atoms with van der Waals surface area (Å²) in [5.41, 5.74) is 8.08. The van der Waals surface area contributed by atoms with Gasteiger partial charge in [0.2, 0.25) is 0 Å². The molecule has 0 saturated heterocycles. The average molecular weight is 211 g/mol. The molecule has 80 valence electrons. The van der Waals surface area contributed by atoms with E-state index in [1.807, 2.05) is 10.9 Å². The fourth-order valence-electron chi connectivity index (χ4n) is 0.942. The van der Waals surface area contributed by atoms with Gasteiger partial charge in [-0.15, -0.1) is 0 Å². The normalized spacial score (nSPS) is 9.33. The van der Waals surface area contributed by atoms with Crippen LogP contribution in [0.2, 0.25) is 0 Å². The van der Waals surface area contributed by atoms with Gasteiger partial charge in [0, 0.05) is 0 Å². The summed E-state index contributed by atoms with van der Waals surface area (Å²) in [6, 6.07) is 2.85. The van der Waals surface area contributed by atoms with Crippen LogP contribution in [-0.4, -0.2) is 22.2 Å². The minimum absolute atomic E-state index is 0.341. The van der Waals surface area contributed by atoms with E-state index in [2.05, 4.69) is 0 Å². The van der Waals surface area contributed by atoms with Gasteiger partial charge < -0.3 is 15.9 Å². The van der Waals surface area contributed by atoms with Gasteiger partial charge in [0.15, 0.2) is 0 Å². The molecule has 1 aromatic carbocycles. The maximum atomic E-state index is 11.3. The van der Waals surface area contributed by atoms with Crippen molar-refractivity contribution in [3.05, 3.63) is 23.8 Å². The number of phenols is 2. The minimum atomic E-state index is -0.960. The summed E-state index contributed by atoms with van der Waals surface area (Å²) in [6.07, 6.45) is 0. The lowest BCUT2D eigenvalue weighted by Crippen LogP contribution is -2.44. The molecule has 15 heavy (non-hydrogen) atoms. The number of primary amides is 1. The highest BCUT2D eigenvalue weighted by atomic mass is 16.3. The molecule has 0 aliphatic carbocycles. The number of carbonyl (C=O) groups is 2. The molecule has 3 amide bonds. The first-order valence-electron chi connectivity index (χ1n) is 3.89. The van der Waals surface area contributed by atoms with Crippen molar-refractivity contribution in [3.63, 3.8) is 0 Å². The zero-order valence-electron chi connectivity index (χ0n) is 7.52. The van der Waals surface area contributed by atoms with Crippen LogP contribution in [-0.2, 0) is 0 Å². The molecule has 0 unspecified atom stereocenters. The van der Waals surface area contributed by atoms with Crippen molar-refractivity contribution in [2.75, 3.05) is 0 Å². The number of carbonyl (C=O) groups excluding carboxylic acids is 2. The summed E-state index contributed by atoms with van der Waals surface area (Å²) in [6.45, 7) is 0. The highest BCUT2D eigenvalue weighted by Gasteiger charge is 2.15. The van der Waals surface area contributed by atoms with Crippen molar-refractivity contribution in [1.29, 1.82) is 0 Å². The Hall–Kier alpha value is -2.44. The Morgan fingerprint density at radius 3 is 2.13 bits per heavy atom. The highest BCUT2D eigenvalue weighted by molar-refractivity contribution is 6.00. The smallest absolute Gasteiger partial charge is 0.330 e. The van der Waals surface area contributed by atoms with Gasteiger partial charge in [-0.25, -0.2) is 10.2 Å². The van der Waals surface area contributed by atoms with Crippen LogP contribution in [0.1, 0.15) is 10.4 Å². The summed E-state index contributed by atoms with van der Waals surface area (Å²) in [4.78, 5) is 21.6. The van der Waals surface area contributed by atoms with Crippen molar-refractivity contribution in [3.8, 4) is 11.5 Å². The number of amides is 3. The molecule has 6 N–H and O–H groups in total. The second-order valence-electron chi connectivity index (χ2n) is 2.61. The van der Waals surface area contributed by atoms with Gasteiger partial charge in [0.25, 0.3) is 5.91 Å². The molecule has 0 aliphatic rings. The largest absolute Gasteiger partial charge is 0.507 e. The van der Waals surface area contributed by atoms with Crippen molar-refractivity contribution in [2.24, 2.45) is 5.73 Å². The van der Waals surface area contributed by atoms with E-state index in [4.69, 9.17) is 5.73 Å². The first-order chi connectivity index (χ1) is 7.02. The second kappa shape index (κ2) is 4.18. The summed E-state index contributed by atoms with van der Waals surface area (Å²) in [5.74, 6) is -1.68. The van der Waals surface area contributed by atoms with E-state index >= 15 is 0 Å². The van der Waals surface area contributed by atoms with Crippen molar-refractivity contribution >= 4 is 11.9 Å². The molecular weight excluding hydrogens is 202 g/mol. The molecule has 0 heterocycles. The second-order valence-corrected chi connectivity index (χ2v) is 2.61. The molecule has 0 aromatic heterocycles. The van der Waals surface area contributed by atoms with E-state index < -0.39 is 23.4 Å². The number of hydrogen-bond donors (Lipinski definition) is 5. The Kier molecular flexibility index (Phi) is 2.97. The van der Waals surface area contributed by atoms with E-state index in [0.29, 0.717) is 0 Å². The maximum Gasteiger partial charge on any atom is 0.330 e. The highest BCUT2D eigenvalue weighted by Crippen LogP contribution is 2.25. The molecule has 0 saturated carbocycles. The fraction of sp³-hybridized carbons (Fsp3) is 0. The van der Waals surface area contributed by atoms with Gasteiger partial charge in [0.1, 0.15) is 17.1 Å². The Morgan fingerprint density at radius 2 is 1.67 bits per heavy atom. The van der Waals surface area contributed by atoms with Crippen molar-refractivity contribution < 1.29 is 19.8 Å². The predicted molar refractivity (Wildman–Crippen MR) is 50.0 cm³/mol. The number of nitrogens with two attached hydrogens (primary N) is 1. The molecule has 0 fully saturated rings. The zero-order valence-corrected chi connectivity index (χ0v) is 7.52. The number of hydrazine groups is 1. The Bertz CT molecular complexity index is 385. The maximum absolute atomic E-state index is 11.3. The third-order valence-electron chi connectivity index (χ3n) is 1.55. The van der Waals surface area contributed by atoms with Crippen LogP contribution in [0, 0.1) is 0 Å². The molecule has 1 aromatic rings. The zero-order chi connectivity index (χ0) is 11.4. The van der Waals surface area contributed by atoms with Gasteiger partial charge in [-0.1, -0.05) is 6.07 Å². The predicted octanol–water partition coefficient (Wildman–Crippen LogP) is -0.589. The average Bonchev–Trinajstić information content (AvgIpc) is 2.14.